The van der Waals surface area contributed by atoms with Crippen molar-refractivity contribution in [3.8, 4) is 0 Å². The zero-order valence-electron chi connectivity index (χ0n) is 10.4. The standard InChI is InChI=1S/C15H13BrClNO/c1-10-3-2-4-11(7-10)8-15(19)18-14-9-12(16)5-6-13(14)17/h2-7,9H,8H2,1H3,(H,18,19). The van der Waals surface area contributed by atoms with Crippen LogP contribution < -0.4 is 5.32 Å². The summed E-state index contributed by atoms with van der Waals surface area (Å²) in [6.45, 7) is 2.01. The van der Waals surface area contributed by atoms with Crippen LogP contribution in [0.3, 0.4) is 0 Å². The molecule has 19 heavy (non-hydrogen) atoms. The van der Waals surface area contributed by atoms with Gasteiger partial charge in [0.05, 0.1) is 17.1 Å². The fraction of sp³-hybridized carbons (Fsp3) is 0.133. The Morgan fingerprint density at radius 2 is 2.05 bits per heavy atom. The molecular weight excluding hydrogens is 326 g/mol. The molecule has 0 saturated heterocycles. The Hall–Kier alpha value is -1.32. The molecular formula is C15H13BrClNO. The summed E-state index contributed by atoms with van der Waals surface area (Å²) in [6, 6.07) is 13.3. The van der Waals surface area contributed by atoms with Gasteiger partial charge in [-0.2, -0.15) is 0 Å². The monoisotopic (exact) mass is 337 g/mol. The Morgan fingerprint density at radius 3 is 2.79 bits per heavy atom. The number of nitrogens with one attached hydrogen (secondary N) is 1. The first-order chi connectivity index (χ1) is 9.04. The normalized spacial score (nSPS) is 10.3. The van der Waals surface area contributed by atoms with E-state index < -0.39 is 0 Å². The third-order valence-electron chi connectivity index (χ3n) is 2.65. The van der Waals surface area contributed by atoms with Crippen LogP contribution in [0.15, 0.2) is 46.9 Å². The molecule has 0 radical (unpaired) electrons. The molecule has 0 aliphatic carbocycles. The predicted molar refractivity (Wildman–Crippen MR) is 82.7 cm³/mol. The lowest BCUT2D eigenvalue weighted by Crippen LogP contribution is -2.14. The van der Waals surface area contributed by atoms with Gasteiger partial charge in [-0.1, -0.05) is 57.4 Å². The van der Waals surface area contributed by atoms with E-state index in [-0.39, 0.29) is 5.91 Å². The highest BCUT2D eigenvalue weighted by atomic mass is 79.9. The maximum absolute atomic E-state index is 12.0. The second-order valence-electron chi connectivity index (χ2n) is 4.34. The van der Waals surface area contributed by atoms with Crippen molar-refractivity contribution < 1.29 is 4.79 Å². The van der Waals surface area contributed by atoms with Crippen LogP contribution in [0.4, 0.5) is 5.69 Å². The Balaban J connectivity index is 2.07. The van der Waals surface area contributed by atoms with E-state index >= 15 is 0 Å². The SMILES string of the molecule is Cc1cccc(CC(=O)Nc2cc(Br)ccc2Cl)c1. The maximum Gasteiger partial charge on any atom is 0.228 e. The van der Waals surface area contributed by atoms with Crippen LogP contribution in [0.5, 0.6) is 0 Å². The van der Waals surface area contributed by atoms with Crippen molar-refractivity contribution in [2.45, 2.75) is 13.3 Å². The van der Waals surface area contributed by atoms with E-state index in [1.54, 1.807) is 12.1 Å². The fourth-order valence-electron chi connectivity index (χ4n) is 1.80. The van der Waals surface area contributed by atoms with Crippen LogP contribution in [0, 0.1) is 6.92 Å². The summed E-state index contributed by atoms with van der Waals surface area (Å²) in [4.78, 5) is 12.0. The topological polar surface area (TPSA) is 29.1 Å². The molecule has 2 nitrogen and oxygen atoms in total. The quantitative estimate of drug-likeness (QED) is 0.871. The average Bonchev–Trinajstić information content (AvgIpc) is 2.34. The van der Waals surface area contributed by atoms with Gasteiger partial charge in [0.15, 0.2) is 0 Å². The maximum atomic E-state index is 12.0. The molecule has 0 aliphatic rings. The van der Waals surface area contributed by atoms with Gasteiger partial charge < -0.3 is 5.32 Å². The lowest BCUT2D eigenvalue weighted by atomic mass is 10.1. The number of amides is 1. The van der Waals surface area contributed by atoms with Crippen LogP contribution in [0.1, 0.15) is 11.1 Å². The number of hydrogen-bond acceptors (Lipinski definition) is 1. The van der Waals surface area contributed by atoms with Gasteiger partial charge in [0.2, 0.25) is 5.91 Å². The summed E-state index contributed by atoms with van der Waals surface area (Å²) in [5.41, 5.74) is 2.75. The highest BCUT2D eigenvalue weighted by Gasteiger charge is 2.07. The molecule has 4 heteroatoms. The molecule has 0 atom stereocenters. The first-order valence-corrected chi connectivity index (χ1v) is 7.02. The van der Waals surface area contributed by atoms with E-state index in [4.69, 9.17) is 11.6 Å². The molecule has 0 unspecified atom stereocenters. The minimum atomic E-state index is -0.0781. The minimum absolute atomic E-state index is 0.0781. The second-order valence-corrected chi connectivity index (χ2v) is 5.66. The number of hydrogen-bond donors (Lipinski definition) is 1. The number of benzene rings is 2. The van der Waals surface area contributed by atoms with Gasteiger partial charge in [-0.3, -0.25) is 4.79 Å². The van der Waals surface area contributed by atoms with Crippen molar-refractivity contribution in [2.75, 3.05) is 5.32 Å². The molecule has 2 aromatic rings. The van der Waals surface area contributed by atoms with Gasteiger partial charge in [-0.05, 0) is 30.7 Å². The van der Waals surface area contributed by atoms with E-state index in [2.05, 4.69) is 21.2 Å². The number of anilines is 1. The van der Waals surface area contributed by atoms with E-state index in [1.807, 2.05) is 37.3 Å². The Labute approximate surface area is 125 Å². The van der Waals surface area contributed by atoms with Crippen molar-refractivity contribution in [3.05, 3.63) is 63.1 Å². The molecule has 0 bridgehead atoms. The van der Waals surface area contributed by atoms with Gasteiger partial charge >= 0.3 is 0 Å². The van der Waals surface area contributed by atoms with Crippen molar-refractivity contribution in [2.24, 2.45) is 0 Å². The van der Waals surface area contributed by atoms with Crippen molar-refractivity contribution >= 4 is 39.1 Å². The van der Waals surface area contributed by atoms with Gasteiger partial charge in [-0.25, -0.2) is 0 Å². The van der Waals surface area contributed by atoms with Crippen LogP contribution in [-0.2, 0) is 11.2 Å². The van der Waals surface area contributed by atoms with Crippen LogP contribution in [0.25, 0.3) is 0 Å². The number of halogens is 2. The third-order valence-corrected chi connectivity index (χ3v) is 3.47. The molecule has 0 heterocycles. The highest BCUT2D eigenvalue weighted by Crippen LogP contribution is 2.25. The predicted octanol–water partition coefficient (Wildman–Crippen LogP) is 4.59. The van der Waals surface area contributed by atoms with E-state index in [0.717, 1.165) is 15.6 Å². The zero-order valence-corrected chi connectivity index (χ0v) is 12.8. The summed E-state index contributed by atoms with van der Waals surface area (Å²) in [5.74, 6) is -0.0781. The molecule has 0 fully saturated rings. The van der Waals surface area contributed by atoms with Gasteiger partial charge in [0.1, 0.15) is 0 Å². The minimum Gasteiger partial charge on any atom is -0.324 e. The van der Waals surface area contributed by atoms with Gasteiger partial charge in [0.25, 0.3) is 0 Å². The van der Waals surface area contributed by atoms with Crippen molar-refractivity contribution in [1.29, 1.82) is 0 Å². The molecule has 2 rings (SSSR count). The van der Waals surface area contributed by atoms with Crippen LogP contribution in [0.2, 0.25) is 5.02 Å². The van der Waals surface area contributed by atoms with Crippen molar-refractivity contribution in [1.82, 2.24) is 0 Å². The third kappa shape index (κ3) is 4.08. The molecule has 0 aromatic heterocycles. The zero-order chi connectivity index (χ0) is 13.8. The average molecular weight is 339 g/mol. The Bertz CT molecular complexity index is 613. The van der Waals surface area contributed by atoms with Crippen LogP contribution >= 0.6 is 27.5 Å². The summed E-state index contributed by atoms with van der Waals surface area (Å²) in [7, 11) is 0. The number of aryl methyl sites for hydroxylation is 1. The van der Waals surface area contributed by atoms with Crippen molar-refractivity contribution in [3.63, 3.8) is 0 Å². The first kappa shape index (κ1) is 14.1. The van der Waals surface area contributed by atoms with E-state index in [0.29, 0.717) is 17.1 Å². The summed E-state index contributed by atoms with van der Waals surface area (Å²) in [6.07, 6.45) is 0.338. The second kappa shape index (κ2) is 6.22. The molecule has 0 spiro atoms. The van der Waals surface area contributed by atoms with Crippen LogP contribution in [-0.4, -0.2) is 5.91 Å². The summed E-state index contributed by atoms with van der Waals surface area (Å²) >= 11 is 9.39. The summed E-state index contributed by atoms with van der Waals surface area (Å²) in [5, 5.41) is 3.35. The largest absolute Gasteiger partial charge is 0.324 e. The van der Waals surface area contributed by atoms with Gasteiger partial charge in [-0.15, -0.1) is 0 Å². The lowest BCUT2D eigenvalue weighted by molar-refractivity contribution is -0.115. The molecule has 1 N–H and O–H groups in total. The highest BCUT2D eigenvalue weighted by molar-refractivity contribution is 9.10. The number of rotatable bonds is 3. The van der Waals surface area contributed by atoms with E-state index in [1.165, 1.54) is 0 Å². The molecule has 0 saturated carbocycles. The number of carbonyl (C=O) groups is 1. The molecule has 1 amide bonds. The Morgan fingerprint density at radius 1 is 1.26 bits per heavy atom. The molecule has 98 valence electrons. The van der Waals surface area contributed by atoms with Gasteiger partial charge in [0, 0.05) is 4.47 Å². The first-order valence-electron chi connectivity index (χ1n) is 5.85. The lowest BCUT2D eigenvalue weighted by Gasteiger charge is -2.08. The molecule has 0 aliphatic heterocycles. The smallest absolute Gasteiger partial charge is 0.228 e. The Kier molecular flexibility index (Phi) is 4.61. The van der Waals surface area contributed by atoms with E-state index in [9.17, 15) is 4.79 Å². The molecule has 2 aromatic carbocycles. The number of carbonyl (C=O) groups excluding carboxylic acids is 1. The summed E-state index contributed by atoms with van der Waals surface area (Å²) < 4.78 is 0.878. The fourth-order valence-corrected chi connectivity index (χ4v) is 2.32.